The fourth-order valence-electron chi connectivity index (χ4n) is 4.66. The molecule has 2 heterocycles. The predicted octanol–water partition coefficient (Wildman–Crippen LogP) is 5.90. The topological polar surface area (TPSA) is 106 Å². The molecule has 0 saturated carbocycles. The van der Waals surface area contributed by atoms with Gasteiger partial charge in [0, 0.05) is 29.6 Å². The number of carbonyl (C=O) groups is 2. The summed E-state index contributed by atoms with van der Waals surface area (Å²) in [5.41, 5.74) is 1.68. The summed E-state index contributed by atoms with van der Waals surface area (Å²) in [6, 6.07) is 18.2. The van der Waals surface area contributed by atoms with Crippen molar-refractivity contribution in [3.63, 3.8) is 0 Å². The maximum Gasteiger partial charge on any atom is 0.243 e. The minimum atomic E-state index is -3.58. The van der Waals surface area contributed by atoms with Crippen molar-refractivity contribution in [3.8, 4) is 5.75 Å². The fraction of sp³-hybridized carbons (Fsp3) is 0.241. The van der Waals surface area contributed by atoms with Gasteiger partial charge in [-0.1, -0.05) is 18.6 Å². The lowest BCUT2D eigenvalue weighted by Gasteiger charge is -2.25. The van der Waals surface area contributed by atoms with Gasteiger partial charge in [-0.15, -0.1) is 0 Å². The Morgan fingerprint density at radius 3 is 2.36 bits per heavy atom. The van der Waals surface area contributed by atoms with Crippen LogP contribution >= 0.6 is 15.9 Å². The average molecular weight is 612 g/mol. The number of fused-ring (bicyclic) bond motifs is 1. The minimum absolute atomic E-state index is 0.0871. The van der Waals surface area contributed by atoms with E-state index in [0.717, 1.165) is 19.3 Å². The van der Waals surface area contributed by atoms with Gasteiger partial charge in [-0.25, -0.2) is 8.42 Å². The third kappa shape index (κ3) is 5.50. The van der Waals surface area contributed by atoms with Crippen molar-refractivity contribution >= 4 is 54.2 Å². The van der Waals surface area contributed by atoms with Gasteiger partial charge in [-0.3, -0.25) is 9.59 Å². The Morgan fingerprint density at radius 2 is 1.67 bits per heavy atom. The molecule has 5 rings (SSSR count). The lowest BCUT2D eigenvalue weighted by Crippen LogP contribution is -2.35. The Bertz CT molecular complexity index is 1640. The number of ether oxygens (including phenoxy) is 1. The van der Waals surface area contributed by atoms with Gasteiger partial charge in [0.15, 0.2) is 11.5 Å². The van der Waals surface area contributed by atoms with E-state index in [1.807, 2.05) is 12.1 Å². The number of nitrogens with one attached hydrogen (secondary N) is 1. The highest BCUT2D eigenvalue weighted by Gasteiger charge is 2.26. The fourth-order valence-corrected chi connectivity index (χ4v) is 6.72. The summed E-state index contributed by atoms with van der Waals surface area (Å²) in [6.45, 7) is 0.911. The largest absolute Gasteiger partial charge is 0.496 e. The number of hydrogen-bond donors (Lipinski definition) is 1. The first kappa shape index (κ1) is 27.1. The van der Waals surface area contributed by atoms with E-state index >= 15 is 0 Å². The molecular weight excluding hydrogens is 584 g/mol. The molecule has 1 saturated heterocycles. The van der Waals surface area contributed by atoms with E-state index in [1.165, 1.54) is 28.6 Å². The summed E-state index contributed by atoms with van der Waals surface area (Å²) in [7, 11) is -2.04. The number of rotatable bonds is 9. The second-order valence-corrected chi connectivity index (χ2v) is 12.0. The molecule has 0 unspecified atom stereocenters. The van der Waals surface area contributed by atoms with Gasteiger partial charge in [-0.2, -0.15) is 4.31 Å². The van der Waals surface area contributed by atoms with Crippen molar-refractivity contribution in [1.29, 1.82) is 0 Å². The van der Waals surface area contributed by atoms with Crippen LogP contribution in [0, 0.1) is 0 Å². The van der Waals surface area contributed by atoms with E-state index in [-0.39, 0.29) is 28.8 Å². The zero-order valence-corrected chi connectivity index (χ0v) is 23.7. The molecule has 39 heavy (non-hydrogen) atoms. The number of methoxy groups -OCH3 is 1. The summed E-state index contributed by atoms with van der Waals surface area (Å²) in [5.74, 6) is 0.0726. The molecule has 8 nitrogen and oxygen atoms in total. The van der Waals surface area contributed by atoms with E-state index in [9.17, 15) is 18.0 Å². The second kappa shape index (κ2) is 11.3. The van der Waals surface area contributed by atoms with Crippen molar-refractivity contribution < 1.29 is 27.2 Å². The van der Waals surface area contributed by atoms with Crippen LogP contribution in [0.15, 0.2) is 80.5 Å². The summed E-state index contributed by atoms with van der Waals surface area (Å²) in [6.07, 6.45) is 2.73. The van der Waals surface area contributed by atoms with Crippen molar-refractivity contribution in [1.82, 2.24) is 4.31 Å². The van der Waals surface area contributed by atoms with E-state index in [0.29, 0.717) is 51.1 Å². The number of sulfonamides is 1. The van der Waals surface area contributed by atoms with Gasteiger partial charge in [0.25, 0.3) is 0 Å². The highest BCUT2D eigenvalue weighted by atomic mass is 79.9. The van der Waals surface area contributed by atoms with Gasteiger partial charge >= 0.3 is 0 Å². The number of Topliss-reactive ketones (excluding diaryl/α,β-unsaturated/α-hetero) is 1. The van der Waals surface area contributed by atoms with Crippen LogP contribution in [-0.4, -0.2) is 51.0 Å². The summed E-state index contributed by atoms with van der Waals surface area (Å²) in [5, 5.41) is 3.76. The predicted molar refractivity (Wildman–Crippen MR) is 152 cm³/mol. The van der Waals surface area contributed by atoms with E-state index < -0.39 is 10.0 Å². The molecule has 3 aromatic carbocycles. The Morgan fingerprint density at radius 1 is 0.974 bits per heavy atom. The van der Waals surface area contributed by atoms with Crippen LogP contribution in [0.5, 0.6) is 5.75 Å². The molecule has 1 N–H and O–H groups in total. The van der Waals surface area contributed by atoms with Gasteiger partial charge in [0.1, 0.15) is 11.3 Å². The smallest absolute Gasteiger partial charge is 0.243 e. The third-order valence-electron chi connectivity index (χ3n) is 6.77. The lowest BCUT2D eigenvalue weighted by atomic mass is 10.1. The Hall–Kier alpha value is -3.47. The number of ketones is 2. The molecule has 0 aliphatic carbocycles. The quantitative estimate of drug-likeness (QED) is 0.235. The number of benzene rings is 3. The standard InChI is InChI=1S/C29H27BrN2O6S/c1-37-26-14-11-20(17-23(26)30)28(34)29-27(22-7-3-4-8-25(22)38-29)31-18-24(33)19-9-12-21(13-10-19)39(35,36)32-15-5-2-6-16-32/h3-4,7-14,17,31H,2,5-6,15-16,18H2,1H3. The molecule has 0 bridgehead atoms. The van der Waals surface area contributed by atoms with Crippen molar-refractivity contribution in [3.05, 3.63) is 88.1 Å². The van der Waals surface area contributed by atoms with Crippen LogP contribution < -0.4 is 10.1 Å². The van der Waals surface area contributed by atoms with Crippen LogP contribution in [0.3, 0.4) is 0 Å². The number of carbonyl (C=O) groups excluding carboxylic acids is 2. The number of para-hydroxylation sites is 1. The first-order chi connectivity index (χ1) is 18.8. The molecule has 10 heteroatoms. The maximum atomic E-state index is 13.4. The summed E-state index contributed by atoms with van der Waals surface area (Å²) in [4.78, 5) is 26.6. The molecule has 202 valence electrons. The summed E-state index contributed by atoms with van der Waals surface area (Å²) < 4.78 is 39.2. The Kier molecular flexibility index (Phi) is 7.88. The van der Waals surface area contributed by atoms with Gasteiger partial charge in [0.05, 0.1) is 28.7 Å². The van der Waals surface area contributed by atoms with Crippen molar-refractivity contribution in [2.24, 2.45) is 0 Å². The Labute approximate surface area is 235 Å². The normalized spacial score (nSPS) is 14.3. The molecular formula is C29H27BrN2O6S. The van der Waals surface area contributed by atoms with E-state index in [2.05, 4.69) is 21.2 Å². The van der Waals surface area contributed by atoms with E-state index in [4.69, 9.17) is 9.15 Å². The number of anilines is 1. The number of nitrogens with zero attached hydrogens (tertiary/aromatic N) is 1. The van der Waals surface area contributed by atoms with Gasteiger partial charge in [0.2, 0.25) is 15.8 Å². The average Bonchev–Trinajstić information content (AvgIpc) is 3.34. The van der Waals surface area contributed by atoms with Gasteiger partial charge in [-0.05, 0) is 83.4 Å². The van der Waals surface area contributed by atoms with Crippen LogP contribution in [0.25, 0.3) is 11.0 Å². The Balaban J connectivity index is 1.36. The maximum absolute atomic E-state index is 13.4. The first-order valence-electron chi connectivity index (χ1n) is 12.6. The molecule has 1 aliphatic rings. The van der Waals surface area contributed by atoms with Crippen LogP contribution in [0.2, 0.25) is 0 Å². The van der Waals surface area contributed by atoms with Gasteiger partial charge < -0.3 is 14.5 Å². The number of furan rings is 1. The van der Waals surface area contributed by atoms with Crippen LogP contribution in [0.1, 0.15) is 45.7 Å². The number of piperidine rings is 1. The zero-order valence-electron chi connectivity index (χ0n) is 21.3. The zero-order chi connectivity index (χ0) is 27.6. The molecule has 0 radical (unpaired) electrons. The van der Waals surface area contributed by atoms with Crippen molar-refractivity contribution in [2.45, 2.75) is 24.2 Å². The lowest BCUT2D eigenvalue weighted by molar-refractivity contribution is 0.0997. The summed E-state index contributed by atoms with van der Waals surface area (Å²) >= 11 is 3.41. The van der Waals surface area contributed by atoms with E-state index in [1.54, 1.807) is 37.4 Å². The van der Waals surface area contributed by atoms with Crippen molar-refractivity contribution in [2.75, 3.05) is 32.1 Å². The monoisotopic (exact) mass is 610 g/mol. The van der Waals surface area contributed by atoms with Crippen LogP contribution in [0.4, 0.5) is 5.69 Å². The molecule has 0 atom stereocenters. The molecule has 1 aromatic heterocycles. The highest BCUT2D eigenvalue weighted by molar-refractivity contribution is 9.10. The molecule has 1 aliphatic heterocycles. The minimum Gasteiger partial charge on any atom is -0.496 e. The number of hydrogen-bond acceptors (Lipinski definition) is 7. The second-order valence-electron chi connectivity index (χ2n) is 9.25. The molecule has 4 aromatic rings. The molecule has 0 amide bonds. The highest BCUT2D eigenvalue weighted by Crippen LogP contribution is 2.34. The third-order valence-corrected chi connectivity index (χ3v) is 9.30. The molecule has 0 spiro atoms. The van der Waals surface area contributed by atoms with Crippen LogP contribution in [-0.2, 0) is 10.0 Å². The number of halogens is 1. The molecule has 1 fully saturated rings. The SMILES string of the molecule is COc1ccc(C(=O)c2oc3ccccc3c2NCC(=O)c2ccc(S(=O)(=O)N3CCCCC3)cc2)cc1Br. The first-order valence-corrected chi connectivity index (χ1v) is 14.8.